The smallest absolute Gasteiger partial charge is 0.108 e. The van der Waals surface area contributed by atoms with Gasteiger partial charge < -0.3 is 5.32 Å². The van der Waals surface area contributed by atoms with Gasteiger partial charge in [0.1, 0.15) is 5.69 Å². The Hall–Kier alpha value is -1.69. The zero-order valence-electron chi connectivity index (χ0n) is 10.1. The average Bonchev–Trinajstić information content (AvgIpc) is 2.91. The van der Waals surface area contributed by atoms with E-state index in [9.17, 15) is 0 Å². The van der Waals surface area contributed by atoms with Gasteiger partial charge in [0, 0.05) is 19.6 Å². The lowest BCUT2D eigenvalue weighted by atomic mass is 10.3. The predicted molar refractivity (Wildman–Crippen MR) is 62.7 cm³/mol. The van der Waals surface area contributed by atoms with Gasteiger partial charge in [-0.15, -0.1) is 5.10 Å². The highest BCUT2D eigenvalue weighted by Gasteiger charge is 2.21. The van der Waals surface area contributed by atoms with Gasteiger partial charge in [0.05, 0.1) is 23.8 Å². The Kier molecular flexibility index (Phi) is 2.44. The van der Waals surface area contributed by atoms with E-state index in [1.807, 2.05) is 31.0 Å². The summed E-state index contributed by atoms with van der Waals surface area (Å²) < 4.78 is 3.65. The Labute approximate surface area is 99.6 Å². The minimum Gasteiger partial charge on any atom is -0.308 e. The molecule has 17 heavy (non-hydrogen) atoms. The molecule has 6 heteroatoms. The molecule has 1 fully saturated rings. The first-order valence-electron chi connectivity index (χ1n) is 5.87. The summed E-state index contributed by atoms with van der Waals surface area (Å²) >= 11 is 0. The minimum atomic E-state index is 0.688. The molecule has 0 aliphatic heterocycles. The molecule has 1 saturated carbocycles. The summed E-state index contributed by atoms with van der Waals surface area (Å²) in [5.74, 6) is 0. The zero-order valence-corrected chi connectivity index (χ0v) is 10.1. The second kappa shape index (κ2) is 3.96. The third-order valence-electron chi connectivity index (χ3n) is 2.98. The van der Waals surface area contributed by atoms with Crippen molar-refractivity contribution in [3.05, 3.63) is 23.8 Å². The van der Waals surface area contributed by atoms with E-state index in [-0.39, 0.29) is 0 Å². The number of aryl methyl sites for hydroxylation is 2. The van der Waals surface area contributed by atoms with Crippen LogP contribution in [0.4, 0.5) is 0 Å². The molecule has 0 amide bonds. The van der Waals surface area contributed by atoms with E-state index >= 15 is 0 Å². The molecule has 0 spiro atoms. The molecule has 1 N–H and O–H groups in total. The molecule has 0 radical (unpaired) electrons. The molecule has 0 bridgehead atoms. The second-order valence-corrected chi connectivity index (χ2v) is 4.57. The highest BCUT2D eigenvalue weighted by atomic mass is 15.4. The van der Waals surface area contributed by atoms with Crippen LogP contribution in [0.1, 0.15) is 24.2 Å². The number of hydrogen-bond donors (Lipinski definition) is 1. The van der Waals surface area contributed by atoms with E-state index in [1.54, 1.807) is 4.68 Å². The van der Waals surface area contributed by atoms with Crippen LogP contribution in [0.25, 0.3) is 5.69 Å². The molecule has 0 atom stereocenters. The maximum Gasteiger partial charge on any atom is 0.108 e. The van der Waals surface area contributed by atoms with Gasteiger partial charge >= 0.3 is 0 Å². The van der Waals surface area contributed by atoms with Crippen molar-refractivity contribution in [2.45, 2.75) is 32.4 Å². The van der Waals surface area contributed by atoms with Gasteiger partial charge in [-0.3, -0.25) is 4.68 Å². The van der Waals surface area contributed by atoms with E-state index in [2.05, 4.69) is 20.7 Å². The van der Waals surface area contributed by atoms with Crippen molar-refractivity contribution in [1.29, 1.82) is 0 Å². The first-order chi connectivity index (χ1) is 8.24. The Morgan fingerprint density at radius 3 is 2.94 bits per heavy atom. The molecular formula is C11H16N6. The van der Waals surface area contributed by atoms with Crippen molar-refractivity contribution < 1.29 is 0 Å². The number of nitrogens with zero attached hydrogens (tertiary/aromatic N) is 5. The van der Waals surface area contributed by atoms with Gasteiger partial charge in [-0.1, -0.05) is 5.21 Å². The summed E-state index contributed by atoms with van der Waals surface area (Å²) in [4.78, 5) is 0. The average molecular weight is 232 g/mol. The van der Waals surface area contributed by atoms with E-state index in [1.165, 1.54) is 12.8 Å². The third-order valence-corrected chi connectivity index (χ3v) is 2.98. The molecule has 3 rings (SSSR count). The van der Waals surface area contributed by atoms with Crippen molar-refractivity contribution in [3.8, 4) is 5.69 Å². The van der Waals surface area contributed by atoms with Crippen LogP contribution in [0.15, 0.2) is 12.4 Å². The lowest BCUT2D eigenvalue weighted by Gasteiger charge is -2.05. The summed E-state index contributed by atoms with van der Waals surface area (Å²) in [5.41, 5.74) is 3.04. The van der Waals surface area contributed by atoms with Gasteiger partial charge in [0.25, 0.3) is 0 Å². The summed E-state index contributed by atoms with van der Waals surface area (Å²) in [5, 5.41) is 15.9. The number of hydrogen-bond acceptors (Lipinski definition) is 4. The fraction of sp³-hybridized carbons (Fsp3) is 0.545. The number of aromatic nitrogens is 5. The van der Waals surface area contributed by atoms with Crippen LogP contribution in [0.2, 0.25) is 0 Å². The van der Waals surface area contributed by atoms with Gasteiger partial charge in [-0.05, 0) is 19.8 Å². The first kappa shape index (κ1) is 10.5. The maximum absolute atomic E-state index is 4.32. The first-order valence-corrected chi connectivity index (χ1v) is 5.87. The Morgan fingerprint density at radius 1 is 1.47 bits per heavy atom. The Balaban J connectivity index is 1.86. The molecule has 1 aliphatic rings. The molecule has 1 aliphatic carbocycles. The van der Waals surface area contributed by atoms with Crippen LogP contribution < -0.4 is 5.32 Å². The molecule has 0 saturated heterocycles. The van der Waals surface area contributed by atoms with Crippen LogP contribution in [0.5, 0.6) is 0 Å². The van der Waals surface area contributed by atoms with Crippen LogP contribution in [-0.4, -0.2) is 30.8 Å². The van der Waals surface area contributed by atoms with Gasteiger partial charge in [-0.25, -0.2) is 4.68 Å². The molecule has 6 nitrogen and oxygen atoms in total. The Morgan fingerprint density at radius 2 is 2.29 bits per heavy atom. The molecule has 0 unspecified atom stereocenters. The van der Waals surface area contributed by atoms with Crippen LogP contribution in [0.3, 0.4) is 0 Å². The summed E-state index contributed by atoms with van der Waals surface area (Å²) in [7, 11) is 1.91. The van der Waals surface area contributed by atoms with E-state index < -0.39 is 0 Å². The largest absolute Gasteiger partial charge is 0.308 e. The summed E-state index contributed by atoms with van der Waals surface area (Å²) in [6.45, 7) is 2.79. The predicted octanol–water partition coefficient (Wildman–Crippen LogP) is 0.561. The third kappa shape index (κ3) is 2.08. The number of rotatable bonds is 4. The zero-order chi connectivity index (χ0) is 11.8. The van der Waals surface area contributed by atoms with Crippen molar-refractivity contribution in [2.75, 3.05) is 0 Å². The maximum atomic E-state index is 4.32. The monoisotopic (exact) mass is 232 g/mol. The van der Waals surface area contributed by atoms with Crippen LogP contribution in [-0.2, 0) is 13.6 Å². The lowest BCUT2D eigenvalue weighted by Crippen LogP contribution is -2.18. The fourth-order valence-electron chi connectivity index (χ4n) is 1.91. The normalized spacial score (nSPS) is 15.4. The quantitative estimate of drug-likeness (QED) is 0.836. The molecule has 90 valence electrons. The SMILES string of the molecule is Cc1nn(C)cc1-n1nncc1CNC1CC1. The molecule has 2 aromatic heterocycles. The number of nitrogens with one attached hydrogen (secondary N) is 1. The lowest BCUT2D eigenvalue weighted by molar-refractivity contribution is 0.646. The van der Waals surface area contributed by atoms with Gasteiger partial charge in [-0.2, -0.15) is 5.10 Å². The highest BCUT2D eigenvalue weighted by Crippen LogP contribution is 2.20. The van der Waals surface area contributed by atoms with Crippen LogP contribution >= 0.6 is 0 Å². The van der Waals surface area contributed by atoms with E-state index in [0.717, 1.165) is 23.6 Å². The van der Waals surface area contributed by atoms with Crippen molar-refractivity contribution in [1.82, 2.24) is 30.1 Å². The highest BCUT2D eigenvalue weighted by molar-refractivity contribution is 5.33. The standard InChI is InChI=1S/C11H16N6/c1-8-11(7-16(2)14-8)17-10(6-13-15-17)5-12-9-3-4-9/h6-7,9,12H,3-5H2,1-2H3. The Bertz CT molecular complexity index is 522. The van der Waals surface area contributed by atoms with Crippen LogP contribution in [0, 0.1) is 6.92 Å². The van der Waals surface area contributed by atoms with Crippen molar-refractivity contribution >= 4 is 0 Å². The minimum absolute atomic E-state index is 0.688. The van der Waals surface area contributed by atoms with Crippen molar-refractivity contribution in [2.24, 2.45) is 7.05 Å². The fourth-order valence-corrected chi connectivity index (χ4v) is 1.91. The second-order valence-electron chi connectivity index (χ2n) is 4.57. The molecule has 2 heterocycles. The topological polar surface area (TPSA) is 60.6 Å². The van der Waals surface area contributed by atoms with Gasteiger partial charge in [0.2, 0.25) is 0 Å². The molecule has 0 aromatic carbocycles. The summed E-state index contributed by atoms with van der Waals surface area (Å²) in [6.07, 6.45) is 6.34. The van der Waals surface area contributed by atoms with Crippen molar-refractivity contribution in [3.63, 3.8) is 0 Å². The summed E-state index contributed by atoms with van der Waals surface area (Å²) in [6, 6.07) is 0.688. The van der Waals surface area contributed by atoms with E-state index in [4.69, 9.17) is 0 Å². The molecular weight excluding hydrogens is 216 g/mol. The van der Waals surface area contributed by atoms with Gasteiger partial charge in [0.15, 0.2) is 0 Å². The van der Waals surface area contributed by atoms with E-state index in [0.29, 0.717) is 6.04 Å². The molecule has 2 aromatic rings.